The van der Waals surface area contributed by atoms with Crippen LogP contribution in [0.3, 0.4) is 0 Å². The van der Waals surface area contributed by atoms with Crippen LogP contribution in [0.4, 0.5) is 0 Å². The third-order valence-corrected chi connectivity index (χ3v) is 2.89. The number of imidazole rings is 1. The highest BCUT2D eigenvalue weighted by molar-refractivity contribution is 5.77. The number of rotatable bonds is 3. The number of carbonyl (C=O) groups is 1. The first-order chi connectivity index (χ1) is 8.09. The molecule has 1 aromatic carbocycles. The minimum atomic E-state index is 0.141. The van der Waals surface area contributed by atoms with Crippen LogP contribution in [-0.2, 0) is 11.3 Å². The molecule has 17 heavy (non-hydrogen) atoms. The predicted molar refractivity (Wildman–Crippen MR) is 67.8 cm³/mol. The van der Waals surface area contributed by atoms with Crippen molar-refractivity contribution in [1.29, 1.82) is 0 Å². The molecule has 2 rings (SSSR count). The highest BCUT2D eigenvalue weighted by Crippen LogP contribution is 2.15. The lowest BCUT2D eigenvalue weighted by atomic mass is 10.3. The smallest absolute Gasteiger partial charge is 0.223 e. The molecular formula is C13H17N3O. The molecule has 4 nitrogen and oxygen atoms in total. The summed E-state index contributed by atoms with van der Waals surface area (Å²) in [5, 5.41) is 0. The van der Waals surface area contributed by atoms with Crippen LogP contribution in [0.1, 0.15) is 12.2 Å². The summed E-state index contributed by atoms with van der Waals surface area (Å²) in [5.74, 6) is 1.10. The second-order valence-electron chi connectivity index (χ2n) is 4.34. The quantitative estimate of drug-likeness (QED) is 0.808. The fourth-order valence-corrected chi connectivity index (χ4v) is 1.91. The van der Waals surface area contributed by atoms with Gasteiger partial charge < -0.3 is 9.47 Å². The van der Waals surface area contributed by atoms with Crippen molar-refractivity contribution in [3.05, 3.63) is 30.1 Å². The van der Waals surface area contributed by atoms with Crippen LogP contribution in [0.5, 0.6) is 0 Å². The minimum absolute atomic E-state index is 0.141. The lowest BCUT2D eigenvalue weighted by molar-refractivity contribution is -0.128. The SMILES string of the molecule is Cc1nc2ccccc2n1CCC(=O)N(C)C. The minimum Gasteiger partial charge on any atom is -0.349 e. The number of carbonyl (C=O) groups excluding carboxylic acids is 1. The largest absolute Gasteiger partial charge is 0.349 e. The van der Waals surface area contributed by atoms with Crippen molar-refractivity contribution in [2.45, 2.75) is 19.9 Å². The van der Waals surface area contributed by atoms with E-state index in [1.54, 1.807) is 19.0 Å². The Morgan fingerprint density at radius 1 is 1.35 bits per heavy atom. The van der Waals surface area contributed by atoms with E-state index in [1.807, 2.05) is 31.2 Å². The van der Waals surface area contributed by atoms with Crippen molar-refractivity contribution < 1.29 is 4.79 Å². The first kappa shape index (κ1) is 11.6. The number of amides is 1. The van der Waals surface area contributed by atoms with E-state index < -0.39 is 0 Å². The Bertz CT molecular complexity index is 543. The van der Waals surface area contributed by atoms with Crippen LogP contribution in [0, 0.1) is 6.92 Å². The molecule has 0 fully saturated rings. The number of para-hydroxylation sites is 2. The molecule has 1 aromatic heterocycles. The van der Waals surface area contributed by atoms with Crippen LogP contribution in [-0.4, -0.2) is 34.5 Å². The third-order valence-electron chi connectivity index (χ3n) is 2.89. The van der Waals surface area contributed by atoms with Gasteiger partial charge in [-0.05, 0) is 19.1 Å². The Kier molecular flexibility index (Phi) is 3.13. The van der Waals surface area contributed by atoms with Crippen molar-refractivity contribution in [1.82, 2.24) is 14.5 Å². The van der Waals surface area contributed by atoms with E-state index in [0.29, 0.717) is 13.0 Å². The average molecular weight is 231 g/mol. The van der Waals surface area contributed by atoms with E-state index in [9.17, 15) is 4.79 Å². The number of aromatic nitrogens is 2. The average Bonchev–Trinajstić information content (AvgIpc) is 2.61. The molecule has 0 radical (unpaired) electrons. The molecule has 0 spiro atoms. The van der Waals surface area contributed by atoms with Gasteiger partial charge in [-0.2, -0.15) is 0 Å². The summed E-state index contributed by atoms with van der Waals surface area (Å²) in [5.41, 5.74) is 2.08. The second kappa shape index (κ2) is 4.57. The molecule has 90 valence electrons. The third kappa shape index (κ3) is 2.30. The number of nitrogens with zero attached hydrogens (tertiary/aromatic N) is 3. The number of hydrogen-bond donors (Lipinski definition) is 0. The Labute approximate surface area is 101 Å². The molecular weight excluding hydrogens is 214 g/mol. The molecule has 0 bridgehead atoms. The van der Waals surface area contributed by atoms with Crippen molar-refractivity contribution in [2.75, 3.05) is 14.1 Å². The maximum Gasteiger partial charge on any atom is 0.223 e. The Balaban J connectivity index is 2.24. The Morgan fingerprint density at radius 2 is 2.06 bits per heavy atom. The fraction of sp³-hybridized carbons (Fsp3) is 0.385. The van der Waals surface area contributed by atoms with E-state index in [1.165, 1.54) is 0 Å². The fourth-order valence-electron chi connectivity index (χ4n) is 1.91. The molecule has 0 N–H and O–H groups in total. The summed E-state index contributed by atoms with van der Waals surface area (Å²) in [6.07, 6.45) is 0.508. The van der Waals surface area contributed by atoms with Crippen LogP contribution < -0.4 is 0 Å². The molecule has 1 amide bonds. The molecule has 1 heterocycles. The Morgan fingerprint density at radius 3 is 2.76 bits per heavy atom. The van der Waals surface area contributed by atoms with Gasteiger partial charge in [0.2, 0.25) is 5.91 Å². The van der Waals surface area contributed by atoms with Gasteiger partial charge in [-0.3, -0.25) is 4.79 Å². The lowest BCUT2D eigenvalue weighted by Crippen LogP contribution is -2.23. The van der Waals surface area contributed by atoms with Crippen LogP contribution >= 0.6 is 0 Å². The molecule has 0 aliphatic rings. The monoisotopic (exact) mass is 231 g/mol. The predicted octanol–water partition coefficient (Wildman–Crippen LogP) is 1.82. The van der Waals surface area contributed by atoms with Crippen LogP contribution in [0.15, 0.2) is 24.3 Å². The van der Waals surface area contributed by atoms with Crippen LogP contribution in [0.2, 0.25) is 0 Å². The van der Waals surface area contributed by atoms with Gasteiger partial charge in [-0.25, -0.2) is 4.98 Å². The van der Waals surface area contributed by atoms with Gasteiger partial charge in [0.15, 0.2) is 0 Å². The summed E-state index contributed by atoms with van der Waals surface area (Å²) in [6.45, 7) is 2.66. The zero-order chi connectivity index (χ0) is 12.4. The first-order valence-electron chi connectivity index (χ1n) is 5.71. The highest BCUT2D eigenvalue weighted by Gasteiger charge is 2.09. The van der Waals surface area contributed by atoms with Gasteiger partial charge in [0.25, 0.3) is 0 Å². The molecule has 0 aliphatic heterocycles. The lowest BCUT2D eigenvalue weighted by Gasteiger charge is -2.11. The summed E-state index contributed by atoms with van der Waals surface area (Å²) in [4.78, 5) is 17.7. The zero-order valence-corrected chi connectivity index (χ0v) is 10.5. The summed E-state index contributed by atoms with van der Waals surface area (Å²) in [6, 6.07) is 8.00. The van der Waals surface area contributed by atoms with E-state index in [2.05, 4.69) is 9.55 Å². The van der Waals surface area contributed by atoms with E-state index in [0.717, 1.165) is 16.9 Å². The number of benzene rings is 1. The number of fused-ring (bicyclic) bond motifs is 1. The molecule has 0 saturated carbocycles. The van der Waals surface area contributed by atoms with E-state index in [4.69, 9.17) is 0 Å². The van der Waals surface area contributed by atoms with E-state index in [-0.39, 0.29) is 5.91 Å². The van der Waals surface area contributed by atoms with Gasteiger partial charge in [0, 0.05) is 27.1 Å². The van der Waals surface area contributed by atoms with Gasteiger partial charge in [0.05, 0.1) is 11.0 Å². The maximum absolute atomic E-state index is 11.6. The number of aryl methyl sites for hydroxylation is 2. The molecule has 0 unspecified atom stereocenters. The Hall–Kier alpha value is -1.84. The van der Waals surface area contributed by atoms with Gasteiger partial charge in [-0.15, -0.1) is 0 Å². The van der Waals surface area contributed by atoms with Gasteiger partial charge in [-0.1, -0.05) is 12.1 Å². The van der Waals surface area contributed by atoms with E-state index >= 15 is 0 Å². The van der Waals surface area contributed by atoms with Crippen molar-refractivity contribution in [2.24, 2.45) is 0 Å². The highest BCUT2D eigenvalue weighted by atomic mass is 16.2. The normalized spacial score (nSPS) is 10.8. The summed E-state index contributed by atoms with van der Waals surface area (Å²) >= 11 is 0. The first-order valence-corrected chi connectivity index (χ1v) is 5.71. The zero-order valence-electron chi connectivity index (χ0n) is 10.5. The van der Waals surface area contributed by atoms with Gasteiger partial charge >= 0.3 is 0 Å². The molecule has 2 aromatic rings. The molecule has 0 atom stereocenters. The summed E-state index contributed by atoms with van der Waals surface area (Å²) in [7, 11) is 3.56. The summed E-state index contributed by atoms with van der Waals surface area (Å²) < 4.78 is 2.09. The van der Waals surface area contributed by atoms with Gasteiger partial charge in [0.1, 0.15) is 5.82 Å². The standard InChI is InChI=1S/C13H17N3O/c1-10-14-11-6-4-5-7-12(11)16(10)9-8-13(17)15(2)3/h4-7H,8-9H2,1-3H3. The molecule has 0 aliphatic carbocycles. The number of hydrogen-bond acceptors (Lipinski definition) is 2. The molecule has 4 heteroatoms. The van der Waals surface area contributed by atoms with Crippen LogP contribution in [0.25, 0.3) is 11.0 Å². The molecule has 0 saturated heterocycles. The topological polar surface area (TPSA) is 38.1 Å². The van der Waals surface area contributed by atoms with Crippen molar-refractivity contribution in [3.63, 3.8) is 0 Å². The van der Waals surface area contributed by atoms with Crippen molar-refractivity contribution in [3.8, 4) is 0 Å². The maximum atomic E-state index is 11.6. The van der Waals surface area contributed by atoms with Crippen molar-refractivity contribution >= 4 is 16.9 Å². The second-order valence-corrected chi connectivity index (χ2v) is 4.34.